The number of benzene rings is 2. The molecule has 0 spiro atoms. The monoisotopic (exact) mass is 424 g/mol. The Morgan fingerprint density at radius 1 is 0.967 bits per heavy atom. The van der Waals surface area contributed by atoms with Crippen LogP contribution in [0.15, 0.2) is 53.4 Å². The molecule has 3 amide bonds. The number of carbonyl (C=O) groups excluding carboxylic acids is 4. The lowest BCUT2D eigenvalue weighted by Crippen LogP contribution is -2.31. The number of amides is 3. The summed E-state index contributed by atoms with van der Waals surface area (Å²) in [5, 5.41) is 2.28. The third kappa shape index (κ3) is 4.09. The van der Waals surface area contributed by atoms with Crippen LogP contribution in [0.3, 0.4) is 0 Å². The fourth-order valence-corrected chi connectivity index (χ4v) is 4.53. The van der Waals surface area contributed by atoms with Crippen LogP contribution in [0.1, 0.15) is 40.0 Å². The molecule has 0 saturated carbocycles. The third-order valence-electron chi connectivity index (χ3n) is 4.98. The van der Waals surface area contributed by atoms with Gasteiger partial charge in [-0.25, -0.2) is 0 Å². The minimum atomic E-state index is -0.522. The van der Waals surface area contributed by atoms with E-state index in [0.717, 1.165) is 10.6 Å². The molecule has 0 bridgehead atoms. The molecule has 7 nitrogen and oxygen atoms in total. The molecule has 2 aliphatic rings. The van der Waals surface area contributed by atoms with Crippen molar-refractivity contribution in [2.45, 2.75) is 29.4 Å². The summed E-state index contributed by atoms with van der Waals surface area (Å²) in [5.74, 6) is -1.22. The van der Waals surface area contributed by atoms with E-state index in [1.165, 1.54) is 16.7 Å². The standard InChI is InChI=1S/C22H20N2O5S/c25-19(13-18-20(26)23-16-9-3-4-10-17(16)30-18)29-12-6-5-11-24-21(27)14-7-1-2-8-15(14)22(24)28/h1-4,7-10,18H,5-6,11-13H2,(H,23,26). The van der Waals surface area contributed by atoms with E-state index in [1.54, 1.807) is 24.3 Å². The van der Waals surface area contributed by atoms with Gasteiger partial charge in [-0.3, -0.25) is 24.1 Å². The Hall–Kier alpha value is -3.13. The Balaban J connectivity index is 1.19. The van der Waals surface area contributed by atoms with Crippen LogP contribution in [-0.4, -0.2) is 47.0 Å². The van der Waals surface area contributed by atoms with Gasteiger partial charge in [0.1, 0.15) is 0 Å². The number of thioether (sulfide) groups is 1. The first kappa shape index (κ1) is 20.2. The van der Waals surface area contributed by atoms with Crippen LogP contribution < -0.4 is 5.32 Å². The van der Waals surface area contributed by atoms with Crippen molar-refractivity contribution in [1.82, 2.24) is 4.90 Å². The van der Waals surface area contributed by atoms with E-state index in [0.29, 0.717) is 24.0 Å². The molecular formula is C22H20N2O5S. The van der Waals surface area contributed by atoms with Gasteiger partial charge in [0.25, 0.3) is 11.8 Å². The highest BCUT2D eigenvalue weighted by atomic mass is 32.2. The second kappa shape index (κ2) is 8.71. The van der Waals surface area contributed by atoms with E-state index in [1.807, 2.05) is 24.3 Å². The van der Waals surface area contributed by atoms with Crippen LogP contribution in [0.25, 0.3) is 0 Å². The predicted octanol–water partition coefficient (Wildman–Crippen LogP) is 3.11. The van der Waals surface area contributed by atoms with E-state index < -0.39 is 11.2 Å². The van der Waals surface area contributed by atoms with Crippen LogP contribution in [0.2, 0.25) is 0 Å². The summed E-state index contributed by atoms with van der Waals surface area (Å²) in [7, 11) is 0. The van der Waals surface area contributed by atoms with Crippen molar-refractivity contribution in [3.63, 3.8) is 0 Å². The number of para-hydroxylation sites is 1. The quantitative estimate of drug-likeness (QED) is 0.417. The van der Waals surface area contributed by atoms with Gasteiger partial charge in [0.2, 0.25) is 5.91 Å². The zero-order valence-corrected chi connectivity index (χ0v) is 16.9. The van der Waals surface area contributed by atoms with Crippen molar-refractivity contribution < 1.29 is 23.9 Å². The van der Waals surface area contributed by atoms with Crippen molar-refractivity contribution >= 4 is 41.1 Å². The number of anilines is 1. The number of esters is 1. The summed E-state index contributed by atoms with van der Waals surface area (Å²) in [5.41, 5.74) is 1.61. The largest absolute Gasteiger partial charge is 0.466 e. The SMILES string of the molecule is O=C(CC1Sc2ccccc2NC1=O)OCCCCN1C(=O)c2ccccc2C1=O. The molecular weight excluding hydrogens is 404 g/mol. The van der Waals surface area contributed by atoms with Crippen molar-refractivity contribution in [1.29, 1.82) is 0 Å². The van der Waals surface area contributed by atoms with Crippen molar-refractivity contribution in [3.05, 3.63) is 59.7 Å². The van der Waals surface area contributed by atoms with E-state index in [9.17, 15) is 19.2 Å². The van der Waals surface area contributed by atoms with Crippen LogP contribution in [0.4, 0.5) is 5.69 Å². The molecule has 8 heteroatoms. The Kier molecular flexibility index (Phi) is 5.85. The Labute approximate surface area is 177 Å². The van der Waals surface area contributed by atoms with Crippen LogP contribution in [-0.2, 0) is 14.3 Å². The molecule has 0 fully saturated rings. The van der Waals surface area contributed by atoms with Crippen LogP contribution in [0, 0.1) is 0 Å². The molecule has 0 radical (unpaired) electrons. The molecule has 0 aliphatic carbocycles. The van der Waals surface area contributed by atoms with Gasteiger partial charge in [0, 0.05) is 11.4 Å². The number of rotatable bonds is 7. The summed E-state index contributed by atoms with van der Waals surface area (Å²) in [4.78, 5) is 51.0. The van der Waals surface area contributed by atoms with Crippen molar-refractivity contribution in [2.75, 3.05) is 18.5 Å². The predicted molar refractivity (Wildman–Crippen MR) is 111 cm³/mol. The summed E-state index contributed by atoms with van der Waals surface area (Å²) in [6.45, 7) is 0.457. The topological polar surface area (TPSA) is 92.8 Å². The number of imide groups is 1. The first-order valence-corrected chi connectivity index (χ1v) is 10.6. The van der Waals surface area contributed by atoms with E-state index in [-0.39, 0.29) is 37.3 Å². The number of hydrogen-bond acceptors (Lipinski definition) is 6. The maximum absolute atomic E-state index is 12.3. The summed E-state index contributed by atoms with van der Waals surface area (Å²) >= 11 is 1.35. The number of unbranched alkanes of at least 4 members (excludes halogenated alkanes) is 1. The Morgan fingerprint density at radius 2 is 1.63 bits per heavy atom. The number of nitrogens with zero attached hydrogens (tertiary/aromatic N) is 1. The smallest absolute Gasteiger partial charge is 0.307 e. The summed E-state index contributed by atoms with van der Waals surface area (Å²) in [6.07, 6.45) is 1.04. The van der Waals surface area contributed by atoms with E-state index in [2.05, 4.69) is 5.32 Å². The van der Waals surface area contributed by atoms with Crippen LogP contribution in [0.5, 0.6) is 0 Å². The van der Waals surface area contributed by atoms with Crippen LogP contribution >= 0.6 is 11.8 Å². The molecule has 2 aromatic rings. The number of nitrogens with one attached hydrogen (secondary N) is 1. The zero-order chi connectivity index (χ0) is 21.1. The van der Waals surface area contributed by atoms with Gasteiger partial charge in [-0.2, -0.15) is 0 Å². The van der Waals surface area contributed by atoms with Gasteiger partial charge in [-0.15, -0.1) is 11.8 Å². The maximum atomic E-state index is 12.3. The Bertz CT molecular complexity index is 987. The summed E-state index contributed by atoms with van der Waals surface area (Å²) < 4.78 is 5.24. The lowest BCUT2D eigenvalue weighted by atomic mass is 10.1. The summed E-state index contributed by atoms with van der Waals surface area (Å²) in [6, 6.07) is 14.2. The molecule has 154 valence electrons. The normalized spacial score (nSPS) is 17.4. The molecule has 4 rings (SSSR count). The molecule has 30 heavy (non-hydrogen) atoms. The van der Waals surface area contributed by atoms with Gasteiger partial charge in [0.05, 0.1) is 35.1 Å². The van der Waals surface area contributed by atoms with Gasteiger partial charge >= 0.3 is 5.97 Å². The van der Waals surface area contributed by atoms with Gasteiger partial charge in [-0.05, 0) is 37.1 Å². The average molecular weight is 424 g/mol. The molecule has 0 saturated heterocycles. The highest BCUT2D eigenvalue weighted by molar-refractivity contribution is 8.01. The molecule has 1 atom stereocenters. The average Bonchev–Trinajstić information content (AvgIpc) is 2.99. The molecule has 1 N–H and O–H groups in total. The Morgan fingerprint density at radius 3 is 2.37 bits per heavy atom. The first-order chi connectivity index (χ1) is 14.5. The third-order valence-corrected chi connectivity index (χ3v) is 6.25. The number of fused-ring (bicyclic) bond motifs is 2. The van der Waals surface area contributed by atoms with Gasteiger partial charge in [0.15, 0.2) is 0 Å². The van der Waals surface area contributed by atoms with Gasteiger partial charge < -0.3 is 10.1 Å². The molecule has 2 heterocycles. The van der Waals surface area contributed by atoms with Crippen molar-refractivity contribution in [2.24, 2.45) is 0 Å². The number of hydrogen-bond donors (Lipinski definition) is 1. The number of ether oxygens (including phenoxy) is 1. The van der Waals surface area contributed by atoms with Gasteiger partial charge in [-0.1, -0.05) is 24.3 Å². The lowest BCUT2D eigenvalue weighted by molar-refractivity contribution is -0.144. The molecule has 2 aliphatic heterocycles. The molecule has 2 aromatic carbocycles. The molecule has 0 aromatic heterocycles. The first-order valence-electron chi connectivity index (χ1n) is 9.72. The van der Waals surface area contributed by atoms with Crippen molar-refractivity contribution in [3.8, 4) is 0 Å². The zero-order valence-electron chi connectivity index (χ0n) is 16.1. The number of carbonyl (C=O) groups is 4. The second-order valence-corrected chi connectivity index (χ2v) is 8.28. The highest BCUT2D eigenvalue weighted by Gasteiger charge is 2.34. The fraction of sp³-hybridized carbons (Fsp3) is 0.273. The highest BCUT2D eigenvalue weighted by Crippen LogP contribution is 2.36. The fourth-order valence-electron chi connectivity index (χ4n) is 3.44. The maximum Gasteiger partial charge on any atom is 0.307 e. The lowest BCUT2D eigenvalue weighted by Gasteiger charge is -2.23. The second-order valence-electron chi connectivity index (χ2n) is 7.03. The minimum absolute atomic E-state index is 0.0107. The van der Waals surface area contributed by atoms with E-state index >= 15 is 0 Å². The molecule has 1 unspecified atom stereocenters. The van der Waals surface area contributed by atoms with E-state index in [4.69, 9.17) is 4.74 Å². The minimum Gasteiger partial charge on any atom is -0.466 e.